The number of nitrogens with two attached hydrogens (primary N) is 1. The summed E-state index contributed by atoms with van der Waals surface area (Å²) < 4.78 is 38.6. The van der Waals surface area contributed by atoms with Crippen LogP contribution in [0.25, 0.3) is 0 Å². The van der Waals surface area contributed by atoms with Gasteiger partial charge in [-0.15, -0.1) is 0 Å². The second-order valence-electron chi connectivity index (χ2n) is 4.67. The van der Waals surface area contributed by atoms with E-state index in [4.69, 9.17) is 5.73 Å². The number of halogens is 3. The van der Waals surface area contributed by atoms with Crippen molar-refractivity contribution < 1.29 is 13.2 Å². The molecule has 0 aromatic heterocycles. The zero-order chi connectivity index (χ0) is 14.9. The largest absolute Gasteiger partial charge is 0.416 e. The van der Waals surface area contributed by atoms with Crippen LogP contribution in [0.4, 0.5) is 30.2 Å². The predicted molar refractivity (Wildman–Crippen MR) is 75.1 cm³/mol. The van der Waals surface area contributed by atoms with Crippen LogP contribution in [-0.2, 0) is 6.18 Å². The Morgan fingerprint density at radius 2 is 1.75 bits per heavy atom. The summed E-state index contributed by atoms with van der Waals surface area (Å²) in [6, 6.07) is 9.46. The smallest absolute Gasteiger partial charge is 0.398 e. The van der Waals surface area contributed by atoms with Crippen LogP contribution in [0, 0.1) is 13.8 Å². The molecule has 0 heterocycles. The number of alkyl halides is 3. The molecule has 2 aromatic rings. The van der Waals surface area contributed by atoms with E-state index >= 15 is 0 Å². The van der Waals surface area contributed by atoms with Crippen LogP contribution in [0.3, 0.4) is 0 Å². The summed E-state index contributed by atoms with van der Waals surface area (Å²) in [7, 11) is 0. The van der Waals surface area contributed by atoms with E-state index in [1.807, 2.05) is 6.92 Å². The van der Waals surface area contributed by atoms with E-state index < -0.39 is 11.7 Å². The van der Waals surface area contributed by atoms with Crippen molar-refractivity contribution >= 4 is 17.1 Å². The van der Waals surface area contributed by atoms with E-state index in [0.717, 1.165) is 11.6 Å². The van der Waals surface area contributed by atoms with Crippen LogP contribution in [0.1, 0.15) is 16.7 Å². The molecule has 0 radical (unpaired) electrons. The molecule has 0 unspecified atom stereocenters. The van der Waals surface area contributed by atoms with E-state index in [-0.39, 0.29) is 5.56 Å². The normalized spacial score (nSPS) is 11.4. The van der Waals surface area contributed by atoms with E-state index in [1.54, 1.807) is 24.3 Å². The predicted octanol–water partition coefficient (Wildman–Crippen LogP) is 4.65. The molecule has 5 heteroatoms. The second kappa shape index (κ2) is 5.07. The molecule has 2 rings (SSSR count). The molecule has 106 valence electrons. The van der Waals surface area contributed by atoms with Gasteiger partial charge >= 0.3 is 6.18 Å². The maximum atomic E-state index is 12.9. The number of aryl methyl sites for hydroxylation is 1. The number of benzene rings is 2. The van der Waals surface area contributed by atoms with Crippen molar-refractivity contribution in [3.05, 3.63) is 53.1 Å². The van der Waals surface area contributed by atoms with Crippen molar-refractivity contribution in [1.82, 2.24) is 0 Å². The highest BCUT2D eigenvalue weighted by Gasteiger charge is 2.32. The molecule has 0 atom stereocenters. The Kier molecular flexibility index (Phi) is 3.61. The van der Waals surface area contributed by atoms with E-state index in [0.29, 0.717) is 17.1 Å². The van der Waals surface area contributed by atoms with Crippen LogP contribution in [0.5, 0.6) is 0 Å². The molecule has 0 saturated carbocycles. The average molecular weight is 280 g/mol. The van der Waals surface area contributed by atoms with Crippen LogP contribution in [-0.4, -0.2) is 0 Å². The maximum absolute atomic E-state index is 12.9. The third-order valence-electron chi connectivity index (χ3n) is 3.20. The number of anilines is 3. The standard InChI is InChI=1S/C15H15F3N2/c1-9-6-7-11(8-12(9)15(16,17)18)20-14-5-3-4-13(19)10(14)2/h3-8,20H,19H2,1-2H3. The van der Waals surface area contributed by atoms with Crippen LogP contribution < -0.4 is 11.1 Å². The Labute approximate surface area is 115 Å². The fourth-order valence-electron chi connectivity index (χ4n) is 1.95. The lowest BCUT2D eigenvalue weighted by Gasteiger charge is -2.15. The lowest BCUT2D eigenvalue weighted by molar-refractivity contribution is -0.138. The zero-order valence-electron chi connectivity index (χ0n) is 11.2. The van der Waals surface area contributed by atoms with Gasteiger partial charge in [0.05, 0.1) is 5.56 Å². The number of hydrogen-bond donors (Lipinski definition) is 2. The first kappa shape index (κ1) is 14.2. The first-order valence-electron chi connectivity index (χ1n) is 6.09. The maximum Gasteiger partial charge on any atom is 0.416 e. The summed E-state index contributed by atoms with van der Waals surface area (Å²) in [6.07, 6.45) is -4.35. The summed E-state index contributed by atoms with van der Waals surface area (Å²) in [5, 5.41) is 2.97. The Balaban J connectivity index is 2.38. The third-order valence-corrected chi connectivity index (χ3v) is 3.20. The van der Waals surface area contributed by atoms with Crippen LogP contribution >= 0.6 is 0 Å². The molecule has 0 spiro atoms. The van der Waals surface area contributed by atoms with Crippen molar-refractivity contribution in [1.29, 1.82) is 0 Å². The molecule has 0 amide bonds. The molecule has 0 fully saturated rings. The van der Waals surface area contributed by atoms with Crippen molar-refractivity contribution in [2.24, 2.45) is 0 Å². The van der Waals surface area contributed by atoms with Crippen molar-refractivity contribution in [3.8, 4) is 0 Å². The van der Waals surface area contributed by atoms with E-state index in [2.05, 4.69) is 5.32 Å². The Hall–Kier alpha value is -2.17. The molecule has 0 saturated heterocycles. The fraction of sp³-hybridized carbons (Fsp3) is 0.200. The summed E-state index contributed by atoms with van der Waals surface area (Å²) in [6.45, 7) is 3.26. The highest BCUT2D eigenvalue weighted by atomic mass is 19.4. The summed E-state index contributed by atoms with van der Waals surface area (Å²) in [5.41, 5.74) is 7.83. The average Bonchev–Trinajstić information content (AvgIpc) is 2.36. The molecule has 2 nitrogen and oxygen atoms in total. The zero-order valence-corrected chi connectivity index (χ0v) is 11.2. The number of nitrogen functional groups attached to an aromatic ring is 1. The van der Waals surface area contributed by atoms with E-state index in [9.17, 15) is 13.2 Å². The van der Waals surface area contributed by atoms with Gasteiger partial charge in [-0.2, -0.15) is 13.2 Å². The van der Waals surface area contributed by atoms with Gasteiger partial charge in [0, 0.05) is 17.1 Å². The number of nitrogens with one attached hydrogen (secondary N) is 1. The molecule has 2 aromatic carbocycles. The summed E-state index contributed by atoms with van der Waals surface area (Å²) in [5.74, 6) is 0. The van der Waals surface area contributed by atoms with Gasteiger partial charge in [-0.1, -0.05) is 12.1 Å². The lowest BCUT2D eigenvalue weighted by atomic mass is 10.1. The molecular weight excluding hydrogens is 265 g/mol. The monoisotopic (exact) mass is 280 g/mol. The molecule has 0 aliphatic carbocycles. The SMILES string of the molecule is Cc1ccc(Nc2cccc(N)c2C)cc1C(F)(F)F. The molecule has 0 aliphatic rings. The second-order valence-corrected chi connectivity index (χ2v) is 4.67. The van der Waals surface area contributed by atoms with Gasteiger partial charge in [0.15, 0.2) is 0 Å². The summed E-state index contributed by atoms with van der Waals surface area (Å²) in [4.78, 5) is 0. The van der Waals surface area contributed by atoms with Gasteiger partial charge in [-0.05, 0) is 49.2 Å². The Bertz CT molecular complexity index is 634. The van der Waals surface area contributed by atoms with Gasteiger partial charge in [0.1, 0.15) is 0 Å². The van der Waals surface area contributed by atoms with E-state index in [1.165, 1.54) is 13.0 Å². The van der Waals surface area contributed by atoms with Gasteiger partial charge in [-0.25, -0.2) is 0 Å². The first-order valence-corrected chi connectivity index (χ1v) is 6.09. The number of hydrogen-bond acceptors (Lipinski definition) is 2. The van der Waals surface area contributed by atoms with Crippen molar-refractivity contribution in [2.75, 3.05) is 11.1 Å². The molecule has 0 aliphatic heterocycles. The van der Waals surface area contributed by atoms with Gasteiger partial charge in [-0.3, -0.25) is 0 Å². The molecule has 0 bridgehead atoms. The minimum absolute atomic E-state index is 0.201. The van der Waals surface area contributed by atoms with Gasteiger partial charge in [0.25, 0.3) is 0 Å². The molecule has 3 N–H and O–H groups in total. The number of rotatable bonds is 2. The Morgan fingerprint density at radius 1 is 1.05 bits per heavy atom. The quantitative estimate of drug-likeness (QED) is 0.786. The third kappa shape index (κ3) is 2.87. The van der Waals surface area contributed by atoms with Crippen molar-refractivity contribution in [3.63, 3.8) is 0 Å². The topological polar surface area (TPSA) is 38.0 Å². The molecule has 20 heavy (non-hydrogen) atoms. The van der Waals surface area contributed by atoms with Crippen LogP contribution in [0.2, 0.25) is 0 Å². The summed E-state index contributed by atoms with van der Waals surface area (Å²) >= 11 is 0. The van der Waals surface area contributed by atoms with Crippen molar-refractivity contribution in [2.45, 2.75) is 20.0 Å². The van der Waals surface area contributed by atoms with Crippen LogP contribution in [0.15, 0.2) is 36.4 Å². The van der Waals surface area contributed by atoms with Gasteiger partial charge < -0.3 is 11.1 Å². The minimum atomic E-state index is -4.35. The molecular formula is C15H15F3N2. The Morgan fingerprint density at radius 3 is 2.40 bits per heavy atom. The minimum Gasteiger partial charge on any atom is -0.398 e. The highest BCUT2D eigenvalue weighted by Crippen LogP contribution is 2.34. The highest BCUT2D eigenvalue weighted by molar-refractivity contribution is 5.69. The lowest BCUT2D eigenvalue weighted by Crippen LogP contribution is -2.08. The fourth-order valence-corrected chi connectivity index (χ4v) is 1.95. The van der Waals surface area contributed by atoms with Gasteiger partial charge in [0.2, 0.25) is 0 Å². The first-order chi connectivity index (χ1) is 9.29.